The van der Waals surface area contributed by atoms with E-state index in [9.17, 15) is 4.79 Å². The summed E-state index contributed by atoms with van der Waals surface area (Å²) in [7, 11) is 1.89. The Morgan fingerprint density at radius 3 is 2.56 bits per heavy atom. The second-order valence-electron chi connectivity index (χ2n) is 4.89. The van der Waals surface area contributed by atoms with Crippen molar-refractivity contribution in [2.24, 2.45) is 10.9 Å². The molecule has 0 radical (unpaired) electrons. The van der Waals surface area contributed by atoms with Gasteiger partial charge in [-0.25, -0.2) is 0 Å². The van der Waals surface area contributed by atoms with Gasteiger partial charge in [0.05, 0.1) is 0 Å². The van der Waals surface area contributed by atoms with Crippen molar-refractivity contribution in [1.29, 1.82) is 0 Å². The van der Waals surface area contributed by atoms with E-state index < -0.39 is 5.54 Å². The molecule has 1 N–H and O–H groups in total. The van der Waals surface area contributed by atoms with Gasteiger partial charge in [-0.05, 0) is 38.8 Å². The molecular weight excluding hydrogens is 226 g/mol. The van der Waals surface area contributed by atoms with Crippen LogP contribution in [0.15, 0.2) is 4.99 Å². The molecule has 2 fully saturated rings. The second-order valence-corrected chi connectivity index (χ2v) is 4.89. The Morgan fingerprint density at radius 2 is 2.00 bits per heavy atom. The molecule has 0 aromatic carbocycles. The fourth-order valence-corrected chi connectivity index (χ4v) is 2.63. The SMILES string of the molecule is CN1C(=O)C2(CCNCC2)N=C1C1CC1.Cl. The monoisotopic (exact) mass is 243 g/mol. The van der Waals surface area contributed by atoms with Crippen LogP contribution in [-0.4, -0.2) is 42.3 Å². The first-order valence-corrected chi connectivity index (χ1v) is 5.82. The highest BCUT2D eigenvalue weighted by atomic mass is 35.5. The Labute approximate surface area is 102 Å². The van der Waals surface area contributed by atoms with Crippen LogP contribution in [0.3, 0.4) is 0 Å². The fourth-order valence-electron chi connectivity index (χ4n) is 2.63. The van der Waals surface area contributed by atoms with E-state index in [2.05, 4.69) is 5.32 Å². The lowest BCUT2D eigenvalue weighted by Crippen LogP contribution is -2.47. The number of hydrogen-bond donors (Lipinski definition) is 1. The summed E-state index contributed by atoms with van der Waals surface area (Å²) in [4.78, 5) is 18.8. The molecule has 2 heterocycles. The van der Waals surface area contributed by atoms with Crippen molar-refractivity contribution in [2.45, 2.75) is 31.2 Å². The zero-order valence-corrected chi connectivity index (χ0v) is 10.3. The van der Waals surface area contributed by atoms with E-state index in [1.165, 1.54) is 12.8 Å². The van der Waals surface area contributed by atoms with E-state index in [1.54, 1.807) is 0 Å². The molecule has 5 heteroatoms. The van der Waals surface area contributed by atoms with E-state index in [-0.39, 0.29) is 18.3 Å². The fraction of sp³-hybridized carbons (Fsp3) is 0.818. The van der Waals surface area contributed by atoms with Crippen LogP contribution in [0.2, 0.25) is 0 Å². The molecule has 1 amide bonds. The number of carbonyl (C=O) groups is 1. The maximum atomic E-state index is 12.2. The summed E-state index contributed by atoms with van der Waals surface area (Å²) in [5.41, 5.74) is -0.391. The van der Waals surface area contributed by atoms with Gasteiger partial charge in [0.2, 0.25) is 0 Å². The first-order chi connectivity index (χ1) is 7.23. The van der Waals surface area contributed by atoms with Crippen molar-refractivity contribution in [1.82, 2.24) is 10.2 Å². The quantitative estimate of drug-likeness (QED) is 0.741. The summed E-state index contributed by atoms with van der Waals surface area (Å²) in [6.07, 6.45) is 4.16. The van der Waals surface area contributed by atoms with Gasteiger partial charge in [0.25, 0.3) is 5.91 Å². The number of amides is 1. The van der Waals surface area contributed by atoms with E-state index in [0.29, 0.717) is 5.92 Å². The van der Waals surface area contributed by atoms with E-state index in [0.717, 1.165) is 31.8 Å². The van der Waals surface area contributed by atoms with E-state index in [4.69, 9.17) is 4.99 Å². The van der Waals surface area contributed by atoms with Gasteiger partial charge in [-0.3, -0.25) is 9.79 Å². The van der Waals surface area contributed by atoms with Gasteiger partial charge in [-0.2, -0.15) is 0 Å². The van der Waals surface area contributed by atoms with Crippen LogP contribution >= 0.6 is 12.4 Å². The molecule has 1 spiro atoms. The van der Waals surface area contributed by atoms with Gasteiger partial charge in [-0.15, -0.1) is 12.4 Å². The molecular formula is C11H18ClN3O. The summed E-state index contributed by atoms with van der Waals surface area (Å²) in [5, 5.41) is 3.29. The molecule has 16 heavy (non-hydrogen) atoms. The highest BCUT2D eigenvalue weighted by Crippen LogP contribution is 2.39. The summed E-state index contributed by atoms with van der Waals surface area (Å²) in [6, 6.07) is 0. The minimum atomic E-state index is -0.391. The Balaban J connectivity index is 0.000000963. The first kappa shape index (κ1) is 11.9. The lowest BCUT2D eigenvalue weighted by atomic mass is 9.89. The molecule has 0 unspecified atom stereocenters. The third-order valence-corrected chi connectivity index (χ3v) is 3.75. The molecule has 4 nitrogen and oxygen atoms in total. The van der Waals surface area contributed by atoms with Gasteiger partial charge in [0, 0.05) is 13.0 Å². The normalized spacial score (nSPS) is 27.9. The van der Waals surface area contributed by atoms with Gasteiger partial charge in [-0.1, -0.05) is 0 Å². The number of piperidine rings is 1. The molecule has 0 aromatic heterocycles. The maximum absolute atomic E-state index is 12.2. The third-order valence-electron chi connectivity index (χ3n) is 3.75. The Kier molecular flexibility index (Phi) is 2.97. The van der Waals surface area contributed by atoms with Gasteiger partial charge in [0.15, 0.2) is 0 Å². The molecule has 3 aliphatic rings. The van der Waals surface area contributed by atoms with Crippen LogP contribution in [0.4, 0.5) is 0 Å². The Hall–Kier alpha value is -0.610. The Bertz CT molecular complexity index is 332. The predicted octanol–water partition coefficient (Wildman–Crippen LogP) is 0.811. The summed E-state index contributed by atoms with van der Waals surface area (Å²) >= 11 is 0. The smallest absolute Gasteiger partial charge is 0.255 e. The van der Waals surface area contributed by atoms with Crippen molar-refractivity contribution in [3.63, 3.8) is 0 Å². The molecule has 2 aliphatic heterocycles. The predicted molar refractivity (Wildman–Crippen MR) is 65.0 cm³/mol. The molecule has 0 bridgehead atoms. The molecule has 0 aromatic rings. The molecule has 1 saturated carbocycles. The van der Waals surface area contributed by atoms with Gasteiger partial charge in [0.1, 0.15) is 11.4 Å². The summed E-state index contributed by atoms with van der Waals surface area (Å²) in [6.45, 7) is 1.84. The zero-order chi connectivity index (χ0) is 10.5. The highest BCUT2D eigenvalue weighted by molar-refractivity contribution is 6.09. The van der Waals surface area contributed by atoms with Crippen LogP contribution in [-0.2, 0) is 4.79 Å². The maximum Gasteiger partial charge on any atom is 0.255 e. The van der Waals surface area contributed by atoms with Crippen molar-refractivity contribution in [2.75, 3.05) is 20.1 Å². The second kappa shape index (κ2) is 4.00. The number of aliphatic imine (C=N–C) groups is 1. The van der Waals surface area contributed by atoms with E-state index >= 15 is 0 Å². The van der Waals surface area contributed by atoms with Crippen molar-refractivity contribution >= 4 is 24.1 Å². The average molecular weight is 244 g/mol. The number of carbonyl (C=O) groups excluding carboxylic acids is 1. The minimum Gasteiger partial charge on any atom is -0.317 e. The van der Waals surface area contributed by atoms with Crippen LogP contribution in [0.1, 0.15) is 25.7 Å². The molecule has 3 rings (SSSR count). The first-order valence-electron chi connectivity index (χ1n) is 5.82. The van der Waals surface area contributed by atoms with Gasteiger partial charge < -0.3 is 10.2 Å². The number of rotatable bonds is 1. The van der Waals surface area contributed by atoms with Crippen LogP contribution in [0, 0.1) is 5.92 Å². The van der Waals surface area contributed by atoms with Crippen LogP contribution in [0.5, 0.6) is 0 Å². The Morgan fingerprint density at radius 1 is 1.38 bits per heavy atom. The van der Waals surface area contributed by atoms with Crippen molar-refractivity contribution in [3.8, 4) is 0 Å². The number of likely N-dealkylation sites (N-methyl/N-ethyl adjacent to an activating group) is 1. The molecule has 1 saturated heterocycles. The highest BCUT2D eigenvalue weighted by Gasteiger charge is 2.50. The lowest BCUT2D eigenvalue weighted by molar-refractivity contribution is -0.131. The van der Waals surface area contributed by atoms with Crippen molar-refractivity contribution in [3.05, 3.63) is 0 Å². The van der Waals surface area contributed by atoms with Crippen LogP contribution in [0.25, 0.3) is 0 Å². The molecule has 0 atom stereocenters. The number of halogens is 1. The number of amidine groups is 1. The zero-order valence-electron chi connectivity index (χ0n) is 9.53. The standard InChI is InChI=1S/C11H17N3O.ClH/c1-14-9(8-2-3-8)13-11(10(14)15)4-6-12-7-5-11;/h8,12H,2-7H2,1H3;1H. The average Bonchev–Trinajstić information content (AvgIpc) is 3.06. The third kappa shape index (κ3) is 1.64. The number of nitrogens with zero attached hydrogens (tertiary/aromatic N) is 2. The summed E-state index contributed by atoms with van der Waals surface area (Å²) in [5.74, 6) is 1.86. The van der Waals surface area contributed by atoms with Crippen LogP contribution < -0.4 is 5.32 Å². The van der Waals surface area contributed by atoms with Crippen molar-refractivity contribution < 1.29 is 4.79 Å². The van der Waals surface area contributed by atoms with E-state index in [1.807, 2.05) is 11.9 Å². The lowest BCUT2D eigenvalue weighted by Gasteiger charge is -2.29. The topological polar surface area (TPSA) is 44.7 Å². The number of nitrogens with one attached hydrogen (secondary N) is 1. The minimum absolute atomic E-state index is 0. The number of hydrogen-bond acceptors (Lipinski definition) is 3. The molecule has 90 valence electrons. The molecule has 1 aliphatic carbocycles. The largest absolute Gasteiger partial charge is 0.317 e. The summed E-state index contributed by atoms with van der Waals surface area (Å²) < 4.78 is 0. The van der Waals surface area contributed by atoms with Gasteiger partial charge >= 0.3 is 0 Å².